The van der Waals surface area contributed by atoms with E-state index in [-0.39, 0.29) is 10.1 Å². The van der Waals surface area contributed by atoms with Gasteiger partial charge in [0.2, 0.25) is 23.6 Å². The zero-order valence-electron chi connectivity index (χ0n) is 24.2. The summed E-state index contributed by atoms with van der Waals surface area (Å²) in [6.07, 6.45) is 0. The Morgan fingerprint density at radius 3 is 1.33 bits per heavy atom. The molecule has 0 spiro atoms. The molecule has 4 amide bonds. The van der Waals surface area contributed by atoms with E-state index in [2.05, 4.69) is 50.2 Å². The van der Waals surface area contributed by atoms with Crippen LogP contribution in [0, 0.1) is 23.7 Å². The van der Waals surface area contributed by atoms with Gasteiger partial charge in [-0.1, -0.05) is 77.8 Å². The Hall–Kier alpha value is -3.16. The number of hydrogen-bond donors (Lipinski definition) is 0. The number of nitrogens with zero attached hydrogens (tertiary/aromatic N) is 2. The molecule has 226 valence electrons. The van der Waals surface area contributed by atoms with Crippen LogP contribution in [-0.2, 0) is 30.0 Å². The Balaban J connectivity index is 1.24. The fraction of sp³-hybridized carbons (Fsp3) is 0.314. The summed E-state index contributed by atoms with van der Waals surface area (Å²) in [7, 11) is 1.33. The number of imide groups is 2. The first-order chi connectivity index (χ1) is 21.3. The van der Waals surface area contributed by atoms with Gasteiger partial charge in [-0.05, 0) is 59.4 Å². The summed E-state index contributed by atoms with van der Waals surface area (Å²) in [6, 6.07) is 22.5. The average Bonchev–Trinajstić information content (AvgIpc) is 3.46. The van der Waals surface area contributed by atoms with E-state index in [1.54, 1.807) is 6.07 Å². The Labute approximate surface area is 278 Å². The fourth-order valence-electron chi connectivity index (χ4n) is 9.80. The fourth-order valence-corrected chi connectivity index (χ4v) is 11.7. The predicted octanol–water partition coefficient (Wildman–Crippen LogP) is 6.03. The molecule has 6 atom stereocenters. The maximum atomic E-state index is 14.5. The second kappa shape index (κ2) is 8.21. The Kier molecular flexibility index (Phi) is 5.13. The second-order valence-electron chi connectivity index (χ2n) is 13.4. The number of rotatable bonds is 1. The third-order valence-corrected chi connectivity index (χ3v) is 14.5. The van der Waals surface area contributed by atoms with Crippen LogP contribution < -0.4 is 4.90 Å². The second-order valence-corrected chi connectivity index (χ2v) is 15.4. The number of allylic oxidation sites excluding steroid dienone is 2. The van der Waals surface area contributed by atoms with Crippen LogP contribution in [0.5, 0.6) is 0 Å². The van der Waals surface area contributed by atoms with Gasteiger partial charge in [-0.25, -0.2) is 4.90 Å². The molecule has 6 aliphatic carbocycles. The van der Waals surface area contributed by atoms with E-state index in [0.29, 0.717) is 5.69 Å². The Bertz CT molecular complexity index is 1950. The van der Waals surface area contributed by atoms with Gasteiger partial charge in [0.05, 0.1) is 39.4 Å². The quantitative estimate of drug-likeness (QED) is 0.233. The van der Waals surface area contributed by atoms with Gasteiger partial charge in [-0.15, -0.1) is 23.2 Å². The van der Waals surface area contributed by atoms with Crippen LogP contribution in [0.2, 0.25) is 0 Å². The molecule has 6 unspecified atom stereocenters. The first kappa shape index (κ1) is 28.1. The van der Waals surface area contributed by atoms with Crippen molar-refractivity contribution in [3.8, 4) is 0 Å². The van der Waals surface area contributed by atoms with Gasteiger partial charge in [0.25, 0.3) is 0 Å². The molecule has 45 heavy (non-hydrogen) atoms. The lowest BCUT2D eigenvalue weighted by atomic mass is 9.48. The number of hydrogen-bond acceptors (Lipinski definition) is 4. The summed E-state index contributed by atoms with van der Waals surface area (Å²) in [4.78, 5) is 54.0. The molecule has 2 heterocycles. The van der Waals surface area contributed by atoms with Crippen LogP contribution in [0.3, 0.4) is 0 Å². The molecule has 6 nitrogen and oxygen atoms in total. The summed E-state index contributed by atoms with van der Waals surface area (Å²) in [5.41, 5.74) is 6.18. The molecular weight excluding hydrogens is 654 g/mol. The van der Waals surface area contributed by atoms with Crippen molar-refractivity contribution in [2.45, 2.75) is 34.4 Å². The summed E-state index contributed by atoms with van der Waals surface area (Å²) >= 11 is 27.9. The van der Waals surface area contributed by atoms with Gasteiger partial charge >= 0.3 is 0 Å². The summed E-state index contributed by atoms with van der Waals surface area (Å²) < 4.78 is 0. The van der Waals surface area contributed by atoms with Gasteiger partial charge < -0.3 is 0 Å². The van der Waals surface area contributed by atoms with E-state index in [0.717, 1.165) is 32.1 Å². The molecule has 2 aliphatic heterocycles. The Morgan fingerprint density at radius 1 is 0.556 bits per heavy atom. The van der Waals surface area contributed by atoms with Crippen molar-refractivity contribution < 1.29 is 19.2 Å². The molecule has 8 aliphatic rings. The van der Waals surface area contributed by atoms with Gasteiger partial charge in [0.1, 0.15) is 9.75 Å². The third kappa shape index (κ3) is 2.67. The zero-order chi connectivity index (χ0) is 31.7. The van der Waals surface area contributed by atoms with Crippen LogP contribution in [0.4, 0.5) is 5.69 Å². The molecule has 3 aromatic carbocycles. The average molecular weight is 678 g/mol. The molecule has 1 saturated carbocycles. The highest BCUT2D eigenvalue weighted by Gasteiger charge is 2.82. The minimum absolute atomic E-state index is 0.167. The number of halogens is 4. The third-order valence-electron chi connectivity index (χ3n) is 11.9. The lowest BCUT2D eigenvalue weighted by Crippen LogP contribution is -2.68. The minimum Gasteiger partial charge on any atom is -0.285 e. The number of carbonyl (C=O) groups is 4. The van der Waals surface area contributed by atoms with Crippen LogP contribution in [0.15, 0.2) is 76.8 Å². The number of alkyl halides is 2. The molecular formula is C35H24Cl4N2O4. The zero-order valence-corrected chi connectivity index (χ0v) is 27.2. The topological polar surface area (TPSA) is 74.8 Å². The molecule has 3 fully saturated rings. The van der Waals surface area contributed by atoms with Crippen LogP contribution in [0.25, 0.3) is 0 Å². The van der Waals surface area contributed by atoms with Crippen molar-refractivity contribution in [1.82, 2.24) is 4.90 Å². The van der Waals surface area contributed by atoms with Crippen LogP contribution in [0.1, 0.15) is 47.2 Å². The number of carbonyl (C=O) groups excluding carboxylic acids is 4. The maximum Gasteiger partial charge on any atom is 0.239 e. The number of benzene rings is 3. The predicted molar refractivity (Wildman–Crippen MR) is 171 cm³/mol. The number of amides is 4. The molecule has 4 bridgehead atoms. The molecule has 10 heteroatoms. The van der Waals surface area contributed by atoms with Gasteiger partial charge in [0, 0.05) is 17.9 Å². The first-order valence-corrected chi connectivity index (χ1v) is 16.3. The highest BCUT2D eigenvalue weighted by atomic mass is 35.5. The monoisotopic (exact) mass is 676 g/mol. The molecule has 0 aromatic heterocycles. The van der Waals surface area contributed by atoms with E-state index in [9.17, 15) is 19.2 Å². The first-order valence-electron chi connectivity index (χ1n) is 14.8. The normalized spacial score (nSPS) is 38.5. The maximum absolute atomic E-state index is 14.5. The van der Waals surface area contributed by atoms with Crippen molar-refractivity contribution in [2.24, 2.45) is 23.7 Å². The Morgan fingerprint density at radius 2 is 0.911 bits per heavy atom. The van der Waals surface area contributed by atoms with Gasteiger partial charge in [-0.2, -0.15) is 0 Å². The van der Waals surface area contributed by atoms with E-state index < -0.39 is 67.9 Å². The molecule has 11 rings (SSSR count). The molecule has 0 radical (unpaired) electrons. The SMILES string of the molecule is CN1C(=O)C2C(C1=O)C1(Cl)C(Cl)=C(Cl)C2(Cl)C2C(=O)N(c3ccc4c(c3)C3(C)c5ccccc5C4(C)c4ccccc43)C(=O)C21. The lowest BCUT2D eigenvalue weighted by Gasteiger charge is -2.56. The minimum atomic E-state index is -1.91. The smallest absolute Gasteiger partial charge is 0.239 e. The van der Waals surface area contributed by atoms with Crippen molar-refractivity contribution in [3.05, 3.63) is 110 Å². The van der Waals surface area contributed by atoms with E-state index in [1.807, 2.05) is 24.3 Å². The standard InChI is InChI=1S/C35H24Cl4N2O4/c1-32-16-8-4-6-10-18(16)33(2,19-11-7-5-9-17(19)32)21-14-15(12-13-20(21)32)41-30(44)24-25(31(41)45)35(39)23-22(28(42)40(3)29(23)43)34(24,38)26(36)27(35)37/h4-14,22-25H,1-3H3. The molecule has 3 aromatic rings. The highest BCUT2D eigenvalue weighted by Crippen LogP contribution is 2.72. The summed E-state index contributed by atoms with van der Waals surface area (Å²) in [5, 5.41) is -0.335. The van der Waals surface area contributed by atoms with Crippen molar-refractivity contribution in [1.29, 1.82) is 0 Å². The van der Waals surface area contributed by atoms with E-state index in [4.69, 9.17) is 46.4 Å². The lowest BCUT2D eigenvalue weighted by molar-refractivity contribution is -0.138. The van der Waals surface area contributed by atoms with Crippen molar-refractivity contribution >= 4 is 75.7 Å². The van der Waals surface area contributed by atoms with Crippen molar-refractivity contribution in [2.75, 3.05) is 11.9 Å². The highest BCUT2D eigenvalue weighted by molar-refractivity contribution is 6.53. The summed E-state index contributed by atoms with van der Waals surface area (Å²) in [5.74, 6) is -7.55. The van der Waals surface area contributed by atoms with Crippen molar-refractivity contribution in [3.63, 3.8) is 0 Å². The number of anilines is 1. The molecule has 2 saturated heterocycles. The van der Waals surface area contributed by atoms with Gasteiger partial charge in [0.15, 0.2) is 0 Å². The van der Waals surface area contributed by atoms with E-state index >= 15 is 0 Å². The van der Waals surface area contributed by atoms with E-state index in [1.165, 1.54) is 18.2 Å². The van der Waals surface area contributed by atoms with Crippen LogP contribution in [-0.4, -0.2) is 45.3 Å². The summed E-state index contributed by atoms with van der Waals surface area (Å²) in [6.45, 7) is 4.40. The van der Waals surface area contributed by atoms with Gasteiger partial charge in [-0.3, -0.25) is 24.1 Å². The molecule has 0 N–H and O–H groups in total. The number of likely N-dealkylation sites (tertiary alicyclic amines) is 1. The largest absolute Gasteiger partial charge is 0.285 e. The van der Waals surface area contributed by atoms with Crippen LogP contribution >= 0.6 is 46.4 Å².